The van der Waals surface area contributed by atoms with E-state index in [0.717, 1.165) is 4.47 Å². The third-order valence-electron chi connectivity index (χ3n) is 4.16. The van der Waals surface area contributed by atoms with Crippen molar-refractivity contribution in [2.45, 2.75) is 4.90 Å². The van der Waals surface area contributed by atoms with Crippen LogP contribution in [-0.4, -0.2) is 33.5 Å². The molecule has 1 N–H and O–H groups in total. The molecule has 0 saturated carbocycles. The number of halogens is 1. The fourth-order valence-electron chi connectivity index (χ4n) is 2.51. The molecule has 0 bridgehead atoms. The van der Waals surface area contributed by atoms with Gasteiger partial charge in [0, 0.05) is 17.1 Å². The van der Waals surface area contributed by atoms with Crippen molar-refractivity contribution in [3.8, 4) is 5.75 Å². The van der Waals surface area contributed by atoms with Crippen molar-refractivity contribution in [1.29, 1.82) is 0 Å². The molecule has 1 heterocycles. The van der Waals surface area contributed by atoms with Crippen LogP contribution in [0.5, 0.6) is 5.75 Å². The van der Waals surface area contributed by atoms with Crippen molar-refractivity contribution < 1.29 is 17.9 Å². The Kier molecular flexibility index (Phi) is 6.19. The molecule has 0 aliphatic carbocycles. The van der Waals surface area contributed by atoms with Gasteiger partial charge in [0.1, 0.15) is 11.6 Å². The minimum Gasteiger partial charge on any atom is -0.495 e. The SMILES string of the molecule is COc1ccc(NC(=O)c2cccc(S(=O)(=O)N(C)c3ccc(Br)cc3)c2)nc1. The van der Waals surface area contributed by atoms with Crippen LogP contribution in [0.4, 0.5) is 11.5 Å². The van der Waals surface area contributed by atoms with Gasteiger partial charge >= 0.3 is 0 Å². The Morgan fingerprint density at radius 1 is 1.10 bits per heavy atom. The lowest BCUT2D eigenvalue weighted by Crippen LogP contribution is -2.26. The number of rotatable bonds is 6. The van der Waals surface area contributed by atoms with Crippen LogP contribution in [0.15, 0.2) is 76.2 Å². The van der Waals surface area contributed by atoms with Crippen LogP contribution >= 0.6 is 15.9 Å². The summed E-state index contributed by atoms with van der Waals surface area (Å²) in [6, 6.07) is 16.0. The van der Waals surface area contributed by atoms with Crippen LogP contribution in [0, 0.1) is 0 Å². The van der Waals surface area contributed by atoms with Crippen molar-refractivity contribution in [3.05, 3.63) is 76.9 Å². The molecule has 0 saturated heterocycles. The third kappa shape index (κ3) is 4.75. The number of sulfonamides is 1. The van der Waals surface area contributed by atoms with E-state index in [1.807, 2.05) is 0 Å². The van der Waals surface area contributed by atoms with Gasteiger partial charge in [-0.05, 0) is 54.6 Å². The molecule has 0 unspecified atom stereocenters. The molecule has 9 heteroatoms. The second-order valence-corrected chi connectivity index (χ2v) is 8.90. The number of nitrogens with zero attached hydrogens (tertiary/aromatic N) is 2. The average Bonchev–Trinajstić information content (AvgIpc) is 2.74. The standard InChI is InChI=1S/C20H18BrN3O4S/c1-24(16-8-6-15(21)7-9-16)29(26,27)18-5-3-4-14(12-18)20(25)23-19-11-10-17(28-2)13-22-19/h3-13H,1-2H3,(H,22,23,25). The van der Waals surface area contributed by atoms with Crippen LogP contribution in [0.1, 0.15) is 10.4 Å². The van der Waals surface area contributed by atoms with Crippen molar-refractivity contribution in [1.82, 2.24) is 4.98 Å². The summed E-state index contributed by atoms with van der Waals surface area (Å²) >= 11 is 3.33. The first-order valence-electron chi connectivity index (χ1n) is 8.47. The molecule has 0 aliphatic heterocycles. The van der Waals surface area contributed by atoms with E-state index < -0.39 is 15.9 Å². The molecule has 1 aromatic heterocycles. The highest BCUT2D eigenvalue weighted by Crippen LogP contribution is 2.24. The van der Waals surface area contributed by atoms with E-state index in [2.05, 4.69) is 26.2 Å². The number of hydrogen-bond acceptors (Lipinski definition) is 5. The van der Waals surface area contributed by atoms with Gasteiger partial charge in [-0.3, -0.25) is 9.10 Å². The number of anilines is 2. The number of pyridine rings is 1. The summed E-state index contributed by atoms with van der Waals surface area (Å²) in [5.74, 6) is 0.425. The fourth-order valence-corrected chi connectivity index (χ4v) is 4.02. The average molecular weight is 476 g/mol. The van der Waals surface area contributed by atoms with E-state index in [-0.39, 0.29) is 10.5 Å². The summed E-state index contributed by atoms with van der Waals surface area (Å²) in [4.78, 5) is 16.6. The molecule has 0 aliphatic rings. The second-order valence-electron chi connectivity index (χ2n) is 6.01. The van der Waals surface area contributed by atoms with Gasteiger partial charge in [0.25, 0.3) is 15.9 Å². The summed E-state index contributed by atoms with van der Waals surface area (Å²) < 4.78 is 33.0. The van der Waals surface area contributed by atoms with Crippen LogP contribution in [0.3, 0.4) is 0 Å². The molecule has 0 radical (unpaired) electrons. The monoisotopic (exact) mass is 475 g/mol. The van der Waals surface area contributed by atoms with Gasteiger partial charge in [-0.25, -0.2) is 13.4 Å². The predicted molar refractivity (Wildman–Crippen MR) is 115 cm³/mol. The number of ether oxygens (including phenoxy) is 1. The molecule has 0 fully saturated rings. The second kappa shape index (κ2) is 8.62. The number of hydrogen-bond donors (Lipinski definition) is 1. The first-order valence-corrected chi connectivity index (χ1v) is 10.7. The highest BCUT2D eigenvalue weighted by atomic mass is 79.9. The molecule has 0 spiro atoms. The molecule has 3 aromatic rings. The maximum atomic E-state index is 13.0. The van der Waals surface area contributed by atoms with Gasteiger partial charge in [-0.2, -0.15) is 0 Å². The zero-order valence-corrected chi connectivity index (χ0v) is 18.1. The molecule has 150 valence electrons. The van der Waals surface area contributed by atoms with E-state index in [9.17, 15) is 13.2 Å². The molecule has 2 aromatic carbocycles. The lowest BCUT2D eigenvalue weighted by atomic mass is 10.2. The van der Waals surface area contributed by atoms with E-state index in [1.165, 1.54) is 48.9 Å². The molecule has 1 amide bonds. The summed E-state index contributed by atoms with van der Waals surface area (Å²) in [6.45, 7) is 0. The molecule has 7 nitrogen and oxygen atoms in total. The number of nitrogens with one attached hydrogen (secondary N) is 1. The Labute approximate surface area is 177 Å². The summed E-state index contributed by atoms with van der Waals surface area (Å²) in [7, 11) is -0.852. The van der Waals surface area contributed by atoms with E-state index in [0.29, 0.717) is 17.3 Å². The van der Waals surface area contributed by atoms with Gasteiger partial charge in [-0.15, -0.1) is 0 Å². The van der Waals surface area contributed by atoms with Gasteiger partial charge in [-0.1, -0.05) is 22.0 Å². The number of carbonyl (C=O) groups excluding carboxylic acids is 1. The third-order valence-corrected chi connectivity index (χ3v) is 6.47. The van der Waals surface area contributed by atoms with Gasteiger partial charge in [0.2, 0.25) is 0 Å². The maximum Gasteiger partial charge on any atom is 0.264 e. The lowest BCUT2D eigenvalue weighted by molar-refractivity contribution is 0.102. The van der Waals surface area contributed by atoms with Crippen molar-refractivity contribution in [2.24, 2.45) is 0 Å². The van der Waals surface area contributed by atoms with Crippen molar-refractivity contribution in [3.63, 3.8) is 0 Å². The number of methoxy groups -OCH3 is 1. The Hall–Kier alpha value is -2.91. The van der Waals surface area contributed by atoms with Crippen LogP contribution < -0.4 is 14.4 Å². The summed E-state index contributed by atoms with van der Waals surface area (Å²) in [6.07, 6.45) is 1.48. The van der Waals surface area contributed by atoms with Gasteiger partial charge in [0.05, 0.1) is 23.9 Å². The Morgan fingerprint density at radius 2 is 1.83 bits per heavy atom. The Morgan fingerprint density at radius 3 is 2.45 bits per heavy atom. The smallest absolute Gasteiger partial charge is 0.264 e. The first-order chi connectivity index (χ1) is 13.8. The molecule has 3 rings (SSSR count). The number of amides is 1. The molecular weight excluding hydrogens is 458 g/mol. The van der Waals surface area contributed by atoms with Gasteiger partial charge < -0.3 is 10.1 Å². The fraction of sp³-hybridized carbons (Fsp3) is 0.100. The largest absolute Gasteiger partial charge is 0.495 e. The minimum absolute atomic E-state index is 0.0123. The number of carbonyl (C=O) groups is 1. The Balaban J connectivity index is 1.83. The topological polar surface area (TPSA) is 88.6 Å². The minimum atomic E-state index is -3.84. The van der Waals surface area contributed by atoms with Crippen LogP contribution in [0.2, 0.25) is 0 Å². The maximum absolute atomic E-state index is 13.0. The van der Waals surface area contributed by atoms with Crippen molar-refractivity contribution in [2.75, 3.05) is 23.8 Å². The van der Waals surface area contributed by atoms with Crippen molar-refractivity contribution >= 4 is 43.4 Å². The Bertz CT molecular complexity index is 1120. The van der Waals surface area contributed by atoms with E-state index in [1.54, 1.807) is 36.4 Å². The zero-order valence-electron chi connectivity index (χ0n) is 15.7. The summed E-state index contributed by atoms with van der Waals surface area (Å²) in [5, 5.41) is 2.64. The zero-order chi connectivity index (χ0) is 21.0. The predicted octanol–water partition coefficient (Wildman–Crippen LogP) is 3.93. The normalized spacial score (nSPS) is 11.0. The van der Waals surface area contributed by atoms with Crippen LogP contribution in [0.25, 0.3) is 0 Å². The number of benzene rings is 2. The van der Waals surface area contributed by atoms with Crippen LogP contribution in [-0.2, 0) is 10.0 Å². The quantitative estimate of drug-likeness (QED) is 0.583. The highest BCUT2D eigenvalue weighted by Gasteiger charge is 2.22. The van der Waals surface area contributed by atoms with E-state index in [4.69, 9.17) is 4.74 Å². The summed E-state index contributed by atoms with van der Waals surface area (Å²) in [5.41, 5.74) is 0.707. The molecule has 29 heavy (non-hydrogen) atoms. The van der Waals surface area contributed by atoms with E-state index >= 15 is 0 Å². The highest BCUT2D eigenvalue weighted by molar-refractivity contribution is 9.10. The van der Waals surface area contributed by atoms with Gasteiger partial charge in [0.15, 0.2) is 0 Å². The molecular formula is C20H18BrN3O4S. The number of aromatic nitrogens is 1. The lowest BCUT2D eigenvalue weighted by Gasteiger charge is -2.20. The first kappa shape index (κ1) is 20.8. The molecule has 0 atom stereocenters.